The van der Waals surface area contributed by atoms with Gasteiger partial charge in [-0.25, -0.2) is 35.6 Å². The van der Waals surface area contributed by atoms with Gasteiger partial charge in [0.05, 0.1) is 39.9 Å². The van der Waals surface area contributed by atoms with E-state index in [0.29, 0.717) is 45.9 Å². The van der Waals surface area contributed by atoms with E-state index in [-0.39, 0.29) is 28.6 Å². The number of nitrogens with two attached hydrogens (primary N) is 1. The van der Waals surface area contributed by atoms with Crippen molar-refractivity contribution in [3.63, 3.8) is 0 Å². The molecule has 3 heterocycles. The first-order chi connectivity index (χ1) is 21.8. The van der Waals surface area contributed by atoms with Crippen LogP contribution in [0.25, 0.3) is 16.6 Å². The molecular formula is C31H22F4N6O4S. The highest BCUT2D eigenvalue weighted by Crippen LogP contribution is 2.31. The SMILES string of the molecule is Cc1cc2cc(C(=O)c3cnn(-c4cnc(Oc5c(F)cccc5F)cc4C)c3N)[nH]c2cc1NS(=O)(=O)c1cc(F)cc(F)c1. The van der Waals surface area contributed by atoms with E-state index < -0.39 is 49.7 Å². The zero-order chi connectivity index (χ0) is 32.9. The molecule has 234 valence electrons. The second-order valence-corrected chi connectivity index (χ2v) is 12.0. The van der Waals surface area contributed by atoms with Crippen molar-refractivity contribution in [2.75, 3.05) is 10.5 Å². The summed E-state index contributed by atoms with van der Waals surface area (Å²) in [6, 6.07) is 11.3. The summed E-state index contributed by atoms with van der Waals surface area (Å²) < 4.78 is 89.9. The number of nitrogens with one attached hydrogen (secondary N) is 2. The summed E-state index contributed by atoms with van der Waals surface area (Å²) in [5.41, 5.74) is 8.37. The Labute approximate surface area is 258 Å². The van der Waals surface area contributed by atoms with Crippen molar-refractivity contribution in [3.05, 3.63) is 119 Å². The Morgan fingerprint density at radius 1 is 0.935 bits per heavy atom. The van der Waals surface area contributed by atoms with Crippen LogP contribution in [0.4, 0.5) is 29.1 Å². The van der Waals surface area contributed by atoms with Crippen LogP contribution in [0, 0.1) is 37.1 Å². The number of nitrogen functional groups attached to an aromatic ring is 1. The number of fused-ring (bicyclic) bond motifs is 1. The first kappa shape index (κ1) is 30.3. The van der Waals surface area contributed by atoms with E-state index in [0.717, 1.165) is 12.1 Å². The molecule has 6 aromatic rings. The molecule has 0 saturated heterocycles. The van der Waals surface area contributed by atoms with Crippen LogP contribution in [0.2, 0.25) is 0 Å². The number of aromatic amines is 1. The van der Waals surface area contributed by atoms with Crippen LogP contribution in [-0.2, 0) is 10.0 Å². The molecule has 15 heteroatoms. The van der Waals surface area contributed by atoms with Crippen LogP contribution in [0.3, 0.4) is 0 Å². The molecule has 0 atom stereocenters. The number of anilines is 2. The van der Waals surface area contributed by atoms with Crippen molar-refractivity contribution >= 4 is 38.2 Å². The number of carbonyl (C=O) groups is 1. The molecule has 0 bridgehead atoms. The summed E-state index contributed by atoms with van der Waals surface area (Å²) in [6.45, 7) is 3.29. The van der Waals surface area contributed by atoms with Crippen LogP contribution in [0.5, 0.6) is 11.6 Å². The molecule has 0 amide bonds. The third-order valence-corrected chi connectivity index (χ3v) is 8.41. The van der Waals surface area contributed by atoms with Crippen molar-refractivity contribution in [2.45, 2.75) is 18.7 Å². The number of aryl methyl sites for hydroxylation is 2. The van der Waals surface area contributed by atoms with Gasteiger partial charge >= 0.3 is 0 Å². The average molecular weight is 651 g/mol. The minimum absolute atomic E-state index is 0.0191. The molecule has 0 aliphatic heterocycles. The van der Waals surface area contributed by atoms with E-state index in [4.69, 9.17) is 10.5 Å². The quantitative estimate of drug-likeness (QED) is 0.129. The number of aromatic nitrogens is 4. The molecule has 3 aromatic carbocycles. The fourth-order valence-electron chi connectivity index (χ4n) is 4.77. The number of pyridine rings is 1. The molecule has 10 nitrogen and oxygen atoms in total. The zero-order valence-corrected chi connectivity index (χ0v) is 24.7. The number of ketones is 1. The Kier molecular flexibility index (Phi) is 7.48. The predicted octanol–water partition coefficient (Wildman–Crippen LogP) is 6.33. The maximum atomic E-state index is 14.0. The maximum Gasteiger partial charge on any atom is 0.262 e. The lowest BCUT2D eigenvalue weighted by Gasteiger charge is -2.11. The number of nitrogens with zero attached hydrogens (tertiary/aromatic N) is 3. The van der Waals surface area contributed by atoms with E-state index in [1.807, 2.05) is 0 Å². The van der Waals surface area contributed by atoms with Crippen LogP contribution >= 0.6 is 0 Å². The molecule has 6 rings (SSSR count). The van der Waals surface area contributed by atoms with Crippen molar-refractivity contribution < 1.29 is 35.5 Å². The van der Waals surface area contributed by atoms with E-state index in [1.54, 1.807) is 26.0 Å². The molecule has 0 radical (unpaired) electrons. The number of ether oxygens (including phenoxy) is 1. The van der Waals surface area contributed by atoms with Crippen LogP contribution in [0.15, 0.2) is 78.0 Å². The van der Waals surface area contributed by atoms with E-state index in [1.165, 1.54) is 35.3 Å². The number of hydrogen-bond acceptors (Lipinski definition) is 7. The summed E-state index contributed by atoms with van der Waals surface area (Å²) in [6.07, 6.45) is 2.60. The number of H-pyrrole nitrogens is 1. The zero-order valence-electron chi connectivity index (χ0n) is 23.9. The summed E-state index contributed by atoms with van der Waals surface area (Å²) in [5.74, 6) is -5.10. The number of halogens is 4. The summed E-state index contributed by atoms with van der Waals surface area (Å²) in [7, 11) is -4.34. The van der Waals surface area contributed by atoms with Gasteiger partial charge in [0.15, 0.2) is 11.6 Å². The molecule has 46 heavy (non-hydrogen) atoms. The smallest absolute Gasteiger partial charge is 0.262 e. The largest absolute Gasteiger partial charge is 0.433 e. The first-order valence-corrected chi connectivity index (χ1v) is 14.9. The molecule has 3 aromatic heterocycles. The highest BCUT2D eigenvalue weighted by molar-refractivity contribution is 7.92. The number of hydrogen-bond donors (Lipinski definition) is 3. The van der Waals surface area contributed by atoms with Crippen molar-refractivity contribution in [2.24, 2.45) is 0 Å². The second kappa shape index (κ2) is 11.3. The van der Waals surface area contributed by atoms with E-state index in [9.17, 15) is 30.8 Å². The topological polar surface area (TPSA) is 145 Å². The van der Waals surface area contributed by atoms with Gasteiger partial charge in [-0.3, -0.25) is 9.52 Å². The van der Waals surface area contributed by atoms with Gasteiger partial charge in [-0.2, -0.15) is 5.10 Å². The number of rotatable bonds is 8. The minimum Gasteiger partial charge on any atom is -0.433 e. The minimum atomic E-state index is -4.34. The van der Waals surface area contributed by atoms with Gasteiger partial charge in [-0.15, -0.1) is 0 Å². The molecule has 0 aliphatic rings. The molecule has 0 unspecified atom stereocenters. The lowest BCUT2D eigenvalue weighted by Crippen LogP contribution is -2.14. The summed E-state index contributed by atoms with van der Waals surface area (Å²) in [4.78, 5) is 19.9. The Morgan fingerprint density at radius 2 is 1.63 bits per heavy atom. The van der Waals surface area contributed by atoms with Gasteiger partial charge in [-0.1, -0.05) is 6.07 Å². The first-order valence-electron chi connectivity index (χ1n) is 13.4. The predicted molar refractivity (Wildman–Crippen MR) is 161 cm³/mol. The molecule has 0 saturated carbocycles. The van der Waals surface area contributed by atoms with Crippen molar-refractivity contribution in [1.82, 2.24) is 19.7 Å². The highest BCUT2D eigenvalue weighted by atomic mass is 32.2. The van der Waals surface area contributed by atoms with Gasteiger partial charge in [0.25, 0.3) is 10.0 Å². The van der Waals surface area contributed by atoms with Gasteiger partial charge in [-0.05, 0) is 67.4 Å². The van der Waals surface area contributed by atoms with E-state index in [2.05, 4.69) is 19.8 Å². The molecule has 0 spiro atoms. The van der Waals surface area contributed by atoms with Crippen molar-refractivity contribution in [3.8, 4) is 17.3 Å². The Balaban J connectivity index is 1.26. The highest BCUT2D eigenvalue weighted by Gasteiger charge is 2.23. The standard InChI is InChI=1S/C31H22F4N6O4S/c1-15-6-17-8-26(39-25(17)12-24(15)40-46(43,44)20-10-18(32)9-19(33)11-20)29(42)21-13-38-41(31(21)36)27-14-37-28(7-16(27)2)45-30-22(34)4-3-5-23(30)35/h3-14,39-40H,36H2,1-2H3. The van der Waals surface area contributed by atoms with Gasteiger partial charge in [0.1, 0.15) is 17.5 Å². The van der Waals surface area contributed by atoms with Crippen LogP contribution < -0.4 is 15.2 Å². The normalized spacial score (nSPS) is 11.6. The fraction of sp³-hybridized carbons (Fsp3) is 0.0645. The Bertz CT molecular complexity index is 2260. The Hall–Kier alpha value is -5.70. The van der Waals surface area contributed by atoms with Crippen molar-refractivity contribution in [1.29, 1.82) is 0 Å². The van der Waals surface area contributed by atoms with Gasteiger partial charge < -0.3 is 15.5 Å². The van der Waals surface area contributed by atoms with E-state index >= 15 is 0 Å². The fourth-order valence-corrected chi connectivity index (χ4v) is 5.93. The molecule has 4 N–H and O–H groups in total. The lowest BCUT2D eigenvalue weighted by molar-refractivity contribution is 0.103. The summed E-state index contributed by atoms with van der Waals surface area (Å²) in [5, 5.41) is 4.80. The van der Waals surface area contributed by atoms with Gasteiger partial charge in [0.2, 0.25) is 17.4 Å². The van der Waals surface area contributed by atoms with Crippen LogP contribution in [-0.4, -0.2) is 33.9 Å². The van der Waals surface area contributed by atoms with Crippen LogP contribution in [0.1, 0.15) is 27.2 Å². The monoisotopic (exact) mass is 650 g/mol. The number of carbonyl (C=O) groups excluding carboxylic acids is 1. The third-order valence-electron chi connectivity index (χ3n) is 7.06. The Morgan fingerprint density at radius 3 is 2.30 bits per heavy atom. The number of benzene rings is 3. The number of para-hydroxylation sites is 1. The van der Waals surface area contributed by atoms with Gasteiger partial charge in [0, 0.05) is 23.0 Å². The molecular weight excluding hydrogens is 628 g/mol. The molecule has 0 aliphatic carbocycles. The lowest BCUT2D eigenvalue weighted by atomic mass is 10.1. The maximum absolute atomic E-state index is 14.0. The third kappa shape index (κ3) is 5.63. The number of sulfonamides is 1. The second-order valence-electron chi connectivity index (χ2n) is 10.3. The average Bonchev–Trinajstić information content (AvgIpc) is 3.57. The summed E-state index contributed by atoms with van der Waals surface area (Å²) >= 11 is 0. The molecule has 0 fully saturated rings.